The number of halogens is 2. The van der Waals surface area contributed by atoms with Crippen molar-refractivity contribution in [2.75, 3.05) is 5.32 Å². The van der Waals surface area contributed by atoms with E-state index in [-0.39, 0.29) is 18.1 Å². The van der Waals surface area contributed by atoms with E-state index in [1.54, 1.807) is 29.5 Å². The van der Waals surface area contributed by atoms with Crippen LogP contribution in [0.5, 0.6) is 0 Å². The SMILES string of the molecule is CC(c1cccs1)N(C(=O)Nc1ccc(Cl)c(Cl)c1)C1CCCCC1. The van der Waals surface area contributed by atoms with Crippen molar-refractivity contribution in [3.05, 3.63) is 50.6 Å². The van der Waals surface area contributed by atoms with Crippen LogP contribution in [-0.2, 0) is 0 Å². The Bertz CT molecular complexity index is 714. The lowest BCUT2D eigenvalue weighted by Gasteiger charge is -2.38. The second-order valence-electron chi connectivity index (χ2n) is 6.45. The maximum absolute atomic E-state index is 13.1. The quantitative estimate of drug-likeness (QED) is 0.593. The van der Waals surface area contributed by atoms with E-state index in [9.17, 15) is 4.79 Å². The first-order chi connectivity index (χ1) is 12.1. The van der Waals surface area contributed by atoms with Gasteiger partial charge in [-0.15, -0.1) is 11.3 Å². The number of rotatable bonds is 4. The molecule has 1 atom stereocenters. The summed E-state index contributed by atoms with van der Waals surface area (Å²) in [5.41, 5.74) is 0.665. The van der Waals surface area contributed by atoms with E-state index in [1.807, 2.05) is 11.0 Å². The van der Waals surface area contributed by atoms with E-state index in [0.717, 1.165) is 12.8 Å². The maximum atomic E-state index is 13.1. The van der Waals surface area contributed by atoms with Crippen molar-refractivity contribution < 1.29 is 4.79 Å². The van der Waals surface area contributed by atoms with Crippen molar-refractivity contribution in [1.29, 1.82) is 0 Å². The molecule has 3 rings (SSSR count). The number of nitrogens with one attached hydrogen (secondary N) is 1. The van der Waals surface area contributed by atoms with E-state index < -0.39 is 0 Å². The molecular formula is C19H22Cl2N2OS. The predicted octanol–water partition coefficient (Wildman–Crippen LogP) is 6.98. The molecule has 1 aliphatic rings. The van der Waals surface area contributed by atoms with Gasteiger partial charge in [0.25, 0.3) is 0 Å². The molecule has 0 saturated heterocycles. The Morgan fingerprint density at radius 3 is 2.60 bits per heavy atom. The zero-order valence-electron chi connectivity index (χ0n) is 14.2. The van der Waals surface area contributed by atoms with Gasteiger partial charge in [0.1, 0.15) is 0 Å². The highest BCUT2D eigenvalue weighted by atomic mass is 35.5. The summed E-state index contributed by atoms with van der Waals surface area (Å²) < 4.78 is 0. The van der Waals surface area contributed by atoms with Gasteiger partial charge in [0.15, 0.2) is 0 Å². The normalized spacial score (nSPS) is 16.4. The van der Waals surface area contributed by atoms with Crippen molar-refractivity contribution >= 4 is 46.3 Å². The zero-order valence-corrected chi connectivity index (χ0v) is 16.5. The molecule has 6 heteroatoms. The van der Waals surface area contributed by atoms with Crippen LogP contribution in [0, 0.1) is 0 Å². The van der Waals surface area contributed by atoms with Gasteiger partial charge in [0.2, 0.25) is 0 Å². The molecule has 1 heterocycles. The van der Waals surface area contributed by atoms with Crippen LogP contribution in [-0.4, -0.2) is 17.0 Å². The van der Waals surface area contributed by atoms with E-state index in [1.165, 1.54) is 24.1 Å². The number of hydrogen-bond acceptors (Lipinski definition) is 2. The summed E-state index contributed by atoms with van der Waals surface area (Å²) in [6, 6.07) is 9.54. The molecule has 1 aromatic carbocycles. The first-order valence-corrected chi connectivity index (χ1v) is 10.3. The lowest BCUT2D eigenvalue weighted by molar-refractivity contribution is 0.140. The minimum Gasteiger partial charge on any atom is -0.314 e. The Labute approximate surface area is 162 Å². The third-order valence-corrected chi connectivity index (χ3v) is 6.53. The maximum Gasteiger partial charge on any atom is 0.322 e. The average molecular weight is 397 g/mol. The number of thiophene rings is 1. The van der Waals surface area contributed by atoms with Gasteiger partial charge in [0.05, 0.1) is 16.1 Å². The smallest absolute Gasteiger partial charge is 0.314 e. The van der Waals surface area contributed by atoms with Crippen molar-refractivity contribution in [3.63, 3.8) is 0 Å². The summed E-state index contributed by atoms with van der Waals surface area (Å²) in [5.74, 6) is 0. The fraction of sp³-hybridized carbons (Fsp3) is 0.421. The van der Waals surface area contributed by atoms with Gasteiger partial charge in [-0.05, 0) is 49.4 Å². The van der Waals surface area contributed by atoms with E-state index in [0.29, 0.717) is 15.7 Å². The van der Waals surface area contributed by atoms with Crippen LogP contribution in [0.15, 0.2) is 35.7 Å². The molecule has 1 aromatic heterocycles. The summed E-state index contributed by atoms with van der Waals surface area (Å²) >= 11 is 13.7. The summed E-state index contributed by atoms with van der Waals surface area (Å²) in [6.07, 6.45) is 5.73. The van der Waals surface area contributed by atoms with E-state index >= 15 is 0 Å². The lowest BCUT2D eigenvalue weighted by atomic mass is 9.93. The Morgan fingerprint density at radius 1 is 1.20 bits per heavy atom. The first-order valence-electron chi connectivity index (χ1n) is 8.64. The highest BCUT2D eigenvalue weighted by Crippen LogP contribution is 2.33. The van der Waals surface area contributed by atoms with Gasteiger partial charge in [-0.25, -0.2) is 4.79 Å². The molecule has 3 nitrogen and oxygen atoms in total. The van der Waals surface area contributed by atoms with E-state index in [2.05, 4.69) is 23.7 Å². The topological polar surface area (TPSA) is 32.3 Å². The Balaban J connectivity index is 1.82. The van der Waals surface area contributed by atoms with Crippen LogP contribution in [0.1, 0.15) is 49.9 Å². The number of hydrogen-bond donors (Lipinski definition) is 1. The van der Waals surface area contributed by atoms with Gasteiger partial charge in [-0.1, -0.05) is 48.5 Å². The number of amides is 2. The Hall–Kier alpha value is -1.23. The largest absolute Gasteiger partial charge is 0.322 e. The molecule has 1 fully saturated rings. The number of carbonyl (C=O) groups is 1. The number of anilines is 1. The van der Waals surface area contributed by atoms with Crippen LogP contribution >= 0.6 is 34.5 Å². The highest BCUT2D eigenvalue weighted by molar-refractivity contribution is 7.10. The lowest BCUT2D eigenvalue weighted by Crippen LogP contribution is -2.45. The molecule has 0 bridgehead atoms. The molecule has 0 aliphatic heterocycles. The van der Waals surface area contributed by atoms with Crippen LogP contribution < -0.4 is 5.32 Å². The number of urea groups is 1. The number of nitrogens with zero attached hydrogens (tertiary/aromatic N) is 1. The van der Waals surface area contributed by atoms with Crippen LogP contribution in [0.2, 0.25) is 10.0 Å². The van der Waals surface area contributed by atoms with Crippen molar-refractivity contribution in [2.45, 2.75) is 51.1 Å². The fourth-order valence-electron chi connectivity index (χ4n) is 3.45. The molecule has 1 unspecified atom stereocenters. The monoisotopic (exact) mass is 396 g/mol. The Kier molecular flexibility index (Phi) is 6.26. The predicted molar refractivity (Wildman–Crippen MR) is 107 cm³/mol. The summed E-state index contributed by atoms with van der Waals surface area (Å²) in [6.45, 7) is 2.11. The molecule has 2 aromatic rings. The molecule has 0 radical (unpaired) electrons. The average Bonchev–Trinajstić information content (AvgIpc) is 3.14. The number of carbonyl (C=O) groups excluding carboxylic acids is 1. The Morgan fingerprint density at radius 2 is 1.96 bits per heavy atom. The van der Waals surface area contributed by atoms with Crippen LogP contribution in [0.4, 0.5) is 10.5 Å². The van der Waals surface area contributed by atoms with Crippen LogP contribution in [0.25, 0.3) is 0 Å². The highest BCUT2D eigenvalue weighted by Gasteiger charge is 2.30. The van der Waals surface area contributed by atoms with Gasteiger partial charge < -0.3 is 10.2 Å². The fourth-order valence-corrected chi connectivity index (χ4v) is 4.53. The molecule has 1 aliphatic carbocycles. The third kappa shape index (κ3) is 4.49. The van der Waals surface area contributed by atoms with Crippen molar-refractivity contribution in [1.82, 2.24) is 4.90 Å². The second-order valence-corrected chi connectivity index (χ2v) is 8.24. The van der Waals surface area contributed by atoms with Gasteiger partial charge in [-0.2, -0.15) is 0 Å². The zero-order chi connectivity index (χ0) is 17.8. The van der Waals surface area contributed by atoms with Gasteiger partial charge >= 0.3 is 6.03 Å². The molecule has 2 amide bonds. The minimum atomic E-state index is -0.0776. The minimum absolute atomic E-state index is 0.0471. The third-order valence-electron chi connectivity index (χ3n) is 4.75. The number of benzene rings is 1. The standard InChI is InChI=1S/C19H22Cl2N2OS/c1-13(18-8-5-11-25-18)23(15-6-3-2-4-7-15)19(24)22-14-9-10-16(20)17(21)12-14/h5,8-13,15H,2-4,6-7H2,1H3,(H,22,24). The van der Waals surface area contributed by atoms with Gasteiger partial charge in [0, 0.05) is 16.6 Å². The molecule has 1 saturated carbocycles. The molecule has 25 heavy (non-hydrogen) atoms. The van der Waals surface area contributed by atoms with Crippen molar-refractivity contribution in [2.24, 2.45) is 0 Å². The summed E-state index contributed by atoms with van der Waals surface area (Å²) in [7, 11) is 0. The summed E-state index contributed by atoms with van der Waals surface area (Å²) in [5, 5.41) is 5.98. The molecular weight excluding hydrogens is 375 g/mol. The molecule has 0 spiro atoms. The second kappa shape index (κ2) is 8.43. The molecule has 1 N–H and O–H groups in total. The van der Waals surface area contributed by atoms with E-state index in [4.69, 9.17) is 23.2 Å². The summed E-state index contributed by atoms with van der Waals surface area (Å²) in [4.78, 5) is 16.3. The van der Waals surface area contributed by atoms with Crippen LogP contribution in [0.3, 0.4) is 0 Å². The first kappa shape index (κ1) is 18.6. The molecule has 134 valence electrons. The van der Waals surface area contributed by atoms with Crippen molar-refractivity contribution in [3.8, 4) is 0 Å². The van der Waals surface area contributed by atoms with Gasteiger partial charge in [-0.3, -0.25) is 0 Å².